The second kappa shape index (κ2) is 11.0. The highest BCUT2D eigenvalue weighted by molar-refractivity contribution is 5.99. The van der Waals surface area contributed by atoms with Gasteiger partial charge in [0.15, 0.2) is 5.82 Å². The fraction of sp³-hybridized carbons (Fsp3) is 0.559. The molecule has 47 heavy (non-hydrogen) atoms. The van der Waals surface area contributed by atoms with Crippen LogP contribution in [0.3, 0.4) is 0 Å². The number of ether oxygens (including phenoxy) is 3. The van der Waals surface area contributed by atoms with E-state index in [1.54, 1.807) is 12.4 Å². The Hall–Kier alpha value is -4.13. The molecule has 4 saturated heterocycles. The first-order valence-corrected chi connectivity index (χ1v) is 16.8. The van der Waals surface area contributed by atoms with Gasteiger partial charge in [0.25, 0.3) is 0 Å². The summed E-state index contributed by atoms with van der Waals surface area (Å²) in [4.78, 5) is 31.6. The van der Waals surface area contributed by atoms with Gasteiger partial charge in [0.2, 0.25) is 0 Å². The molecule has 246 valence electrons. The van der Waals surface area contributed by atoms with E-state index in [-0.39, 0.29) is 42.5 Å². The lowest BCUT2D eigenvalue weighted by molar-refractivity contribution is 0.00696. The van der Waals surface area contributed by atoms with Crippen LogP contribution in [0.5, 0.6) is 6.01 Å². The second-order valence-electron chi connectivity index (χ2n) is 13.9. The molecule has 0 saturated carbocycles. The van der Waals surface area contributed by atoms with E-state index in [0.717, 1.165) is 60.7 Å². The summed E-state index contributed by atoms with van der Waals surface area (Å²) in [6, 6.07) is 2.00. The van der Waals surface area contributed by atoms with Crippen LogP contribution in [0, 0.1) is 12.7 Å². The van der Waals surface area contributed by atoms with Crippen LogP contribution >= 0.6 is 0 Å². The Bertz CT molecular complexity index is 1900. The number of H-pyrrole nitrogens is 1. The van der Waals surface area contributed by atoms with Crippen molar-refractivity contribution in [2.45, 2.75) is 94.6 Å². The van der Waals surface area contributed by atoms with Crippen LogP contribution in [0.2, 0.25) is 0 Å². The van der Waals surface area contributed by atoms with E-state index in [2.05, 4.69) is 20.0 Å². The number of anilines is 1. The monoisotopic (exact) mass is 645 g/mol. The maximum atomic E-state index is 17.2. The molecule has 1 aromatic carbocycles. The molecule has 0 radical (unpaired) electrons. The molecule has 11 nitrogen and oxygen atoms in total. The van der Waals surface area contributed by atoms with Crippen LogP contribution < -0.4 is 9.64 Å². The quantitative estimate of drug-likeness (QED) is 0.283. The number of hydrogen-bond donors (Lipinski definition) is 1. The van der Waals surface area contributed by atoms with Gasteiger partial charge < -0.3 is 19.1 Å². The highest BCUT2D eigenvalue weighted by Crippen LogP contribution is 2.45. The number of aromatic amines is 1. The molecule has 1 unspecified atom stereocenters. The molecule has 0 aliphatic carbocycles. The highest BCUT2D eigenvalue weighted by Gasteiger charge is 2.50. The molecule has 0 spiro atoms. The van der Waals surface area contributed by atoms with E-state index < -0.39 is 29.8 Å². The number of aromatic nitrogens is 5. The van der Waals surface area contributed by atoms with E-state index in [1.807, 2.05) is 13.0 Å². The first-order valence-electron chi connectivity index (χ1n) is 16.8. The minimum Gasteiger partial charge on any atom is -0.461 e. The minimum atomic E-state index is -0.902. The van der Waals surface area contributed by atoms with Gasteiger partial charge in [-0.1, -0.05) is 0 Å². The normalized spacial score (nSPS) is 29.0. The predicted octanol–water partition coefficient (Wildman–Crippen LogP) is 5.57. The maximum Gasteiger partial charge on any atom is 0.508 e. The van der Waals surface area contributed by atoms with Crippen molar-refractivity contribution in [2.24, 2.45) is 0 Å². The molecular weight excluding hydrogens is 608 g/mol. The summed E-state index contributed by atoms with van der Waals surface area (Å²) in [6.07, 6.45) is 7.79. The molecule has 4 aromatic rings. The Morgan fingerprint density at radius 3 is 2.96 bits per heavy atom. The predicted molar refractivity (Wildman–Crippen MR) is 169 cm³/mol. The summed E-state index contributed by atoms with van der Waals surface area (Å²) in [5, 5.41) is 8.47. The Morgan fingerprint density at radius 1 is 1.15 bits per heavy atom. The Labute approximate surface area is 270 Å². The van der Waals surface area contributed by atoms with Gasteiger partial charge in [-0.3, -0.25) is 15.0 Å². The SMILES string of the molecule is Cc1cc2[nH]ncc2c2c1CCCOC(=O)OC1CC[C@@H]3CC[C@H]1N3c1nc(OC[C@@]34CCCN3C[C@H](F)C4)nc3c(F)c-2ncc13. The third-order valence-corrected chi connectivity index (χ3v) is 11.2. The summed E-state index contributed by atoms with van der Waals surface area (Å²) < 4.78 is 49.6. The molecule has 8 bridgehead atoms. The van der Waals surface area contributed by atoms with Gasteiger partial charge >= 0.3 is 12.2 Å². The number of rotatable bonds is 3. The molecule has 13 heteroatoms. The Kier molecular flexibility index (Phi) is 6.77. The van der Waals surface area contributed by atoms with Crippen molar-refractivity contribution >= 4 is 33.8 Å². The van der Waals surface area contributed by atoms with Crippen LogP contribution in [0.25, 0.3) is 33.1 Å². The number of pyridine rings is 1. The van der Waals surface area contributed by atoms with Gasteiger partial charge in [-0.05, 0) is 82.0 Å². The number of carbonyl (C=O) groups excluding carboxylic acids is 1. The van der Waals surface area contributed by atoms with Gasteiger partial charge in [0.1, 0.15) is 35.9 Å². The van der Waals surface area contributed by atoms with Gasteiger partial charge in [-0.15, -0.1) is 0 Å². The second-order valence-corrected chi connectivity index (χ2v) is 13.9. The highest BCUT2D eigenvalue weighted by atomic mass is 19.1. The summed E-state index contributed by atoms with van der Waals surface area (Å²) in [6.45, 7) is 3.60. The van der Waals surface area contributed by atoms with E-state index in [4.69, 9.17) is 29.2 Å². The first-order chi connectivity index (χ1) is 22.9. The standard InChI is InChI=1S/C34H37F2N7O4/c1-18-12-24-22(15-38-41-24)27-21(18)4-2-11-45-33(44)47-26-8-6-20-5-7-25(26)43(20)31-23-14-37-30(27)28(36)29(23)39-32(40-31)46-17-34-9-3-10-42(34)16-19(35)13-34/h12,14-15,19-20,25-26H,2-11,13,16-17H2,1H3,(H,38,41)/t19-,20+,25-,26?,34+/m1/s1. The lowest BCUT2D eigenvalue weighted by atomic mass is 9.92. The van der Waals surface area contributed by atoms with Crippen molar-refractivity contribution in [3.05, 3.63) is 35.4 Å². The molecule has 10 rings (SSSR count). The molecular formula is C34H37F2N7O4. The lowest BCUT2D eigenvalue weighted by Gasteiger charge is -2.40. The van der Waals surface area contributed by atoms with Crippen LogP contribution in [0.15, 0.2) is 18.5 Å². The van der Waals surface area contributed by atoms with Crippen molar-refractivity contribution in [3.8, 4) is 17.3 Å². The molecule has 9 heterocycles. The van der Waals surface area contributed by atoms with E-state index in [0.29, 0.717) is 49.0 Å². The number of nitrogens with zero attached hydrogens (tertiary/aromatic N) is 6. The van der Waals surface area contributed by atoms with Crippen LogP contribution in [-0.2, 0) is 15.9 Å². The number of benzene rings is 1. The van der Waals surface area contributed by atoms with Crippen molar-refractivity contribution in [3.63, 3.8) is 0 Å². The number of halogens is 2. The van der Waals surface area contributed by atoms with Crippen molar-refractivity contribution in [1.29, 1.82) is 0 Å². The largest absolute Gasteiger partial charge is 0.508 e. The molecule has 4 fully saturated rings. The van der Waals surface area contributed by atoms with Crippen LogP contribution in [0.1, 0.15) is 62.5 Å². The third kappa shape index (κ3) is 4.63. The Morgan fingerprint density at radius 2 is 2.04 bits per heavy atom. The van der Waals surface area contributed by atoms with Crippen molar-refractivity contribution < 1.29 is 27.8 Å². The average Bonchev–Trinajstić information content (AvgIpc) is 3.81. The molecule has 0 amide bonds. The number of nitrogens with one attached hydrogen (secondary N) is 1. The van der Waals surface area contributed by atoms with E-state index in [1.165, 1.54) is 0 Å². The van der Waals surface area contributed by atoms with Crippen molar-refractivity contribution in [1.82, 2.24) is 30.0 Å². The molecule has 6 aliphatic rings. The number of fused-ring (bicyclic) bond motifs is 8. The van der Waals surface area contributed by atoms with Gasteiger partial charge in [0.05, 0.1) is 35.3 Å². The zero-order valence-electron chi connectivity index (χ0n) is 26.3. The summed E-state index contributed by atoms with van der Waals surface area (Å²) in [5.74, 6) is -0.0518. The smallest absolute Gasteiger partial charge is 0.461 e. The first kappa shape index (κ1) is 29.0. The number of carbonyl (C=O) groups is 1. The van der Waals surface area contributed by atoms with E-state index in [9.17, 15) is 9.18 Å². The van der Waals surface area contributed by atoms with Gasteiger partial charge in [0, 0.05) is 36.2 Å². The van der Waals surface area contributed by atoms with Crippen LogP contribution in [-0.4, -0.2) is 92.4 Å². The average molecular weight is 646 g/mol. The van der Waals surface area contributed by atoms with Gasteiger partial charge in [-0.25, -0.2) is 13.6 Å². The Balaban J connectivity index is 1.23. The van der Waals surface area contributed by atoms with E-state index >= 15 is 4.39 Å². The van der Waals surface area contributed by atoms with Crippen LogP contribution in [0.4, 0.5) is 19.4 Å². The number of piperidine rings is 1. The zero-order valence-corrected chi connectivity index (χ0v) is 26.3. The zero-order chi connectivity index (χ0) is 31.9. The summed E-state index contributed by atoms with van der Waals surface area (Å²) in [7, 11) is 0. The van der Waals surface area contributed by atoms with Gasteiger partial charge in [-0.2, -0.15) is 15.1 Å². The number of hydrogen-bond acceptors (Lipinski definition) is 10. The molecule has 3 aromatic heterocycles. The maximum absolute atomic E-state index is 17.2. The fourth-order valence-electron chi connectivity index (χ4n) is 9.11. The molecule has 5 atom stereocenters. The molecule has 6 aliphatic heterocycles. The minimum absolute atomic E-state index is 0.0491. The number of alkyl halides is 1. The lowest BCUT2D eigenvalue weighted by Crippen LogP contribution is -2.50. The topological polar surface area (TPSA) is 119 Å². The third-order valence-electron chi connectivity index (χ3n) is 11.2. The fourth-order valence-corrected chi connectivity index (χ4v) is 9.11. The molecule has 1 N–H and O–H groups in total. The number of aryl methyl sites for hydroxylation is 1. The van der Waals surface area contributed by atoms with Crippen molar-refractivity contribution in [2.75, 3.05) is 31.2 Å². The summed E-state index contributed by atoms with van der Waals surface area (Å²) >= 11 is 0. The summed E-state index contributed by atoms with van der Waals surface area (Å²) in [5.41, 5.74) is 3.09.